The molecule has 1 aliphatic rings. The first-order chi connectivity index (χ1) is 17.7. The molecule has 0 aromatic heterocycles. The molecule has 1 heterocycles. The fourth-order valence-electron chi connectivity index (χ4n) is 3.22. The Balaban J connectivity index is 3.82. The molecule has 0 spiro atoms. The van der Waals surface area contributed by atoms with Crippen LogP contribution in [0, 0.1) is 21.7 Å². The Bertz CT molecular complexity index is 973. The van der Waals surface area contributed by atoms with Gasteiger partial charge in [-0.05, 0) is 83.1 Å². The maximum absolute atomic E-state index is 13.1. The summed E-state index contributed by atoms with van der Waals surface area (Å²) >= 11 is 0. The summed E-state index contributed by atoms with van der Waals surface area (Å²) in [4.78, 5) is 63.5. The molecule has 0 aromatic rings. The molecule has 1 unspecified atom stereocenters. The zero-order chi connectivity index (χ0) is 31.6. The van der Waals surface area contributed by atoms with Gasteiger partial charge in [0, 0.05) is 0 Å². The van der Waals surface area contributed by atoms with Crippen LogP contribution in [-0.4, -0.2) is 76.9 Å². The van der Waals surface area contributed by atoms with E-state index in [1.165, 1.54) is 20.8 Å². The lowest BCUT2D eigenvalue weighted by molar-refractivity contribution is -0.354. The van der Waals surface area contributed by atoms with Gasteiger partial charge >= 0.3 is 29.8 Å². The van der Waals surface area contributed by atoms with Crippen molar-refractivity contribution < 1.29 is 57.9 Å². The van der Waals surface area contributed by atoms with Gasteiger partial charge in [0.2, 0.25) is 5.79 Å². The van der Waals surface area contributed by atoms with Crippen LogP contribution in [-0.2, 0) is 47.7 Å². The maximum Gasteiger partial charge on any atom is 0.311 e. The van der Waals surface area contributed by atoms with Crippen molar-refractivity contribution >= 4 is 29.8 Å². The number of carboxylic acid groups (broad SMARTS) is 1. The fourth-order valence-corrected chi connectivity index (χ4v) is 3.22. The summed E-state index contributed by atoms with van der Waals surface area (Å²) in [5, 5.41) is 21.2. The van der Waals surface area contributed by atoms with Crippen molar-refractivity contribution in [2.75, 3.05) is 6.61 Å². The first kappa shape index (κ1) is 35.3. The Labute approximate surface area is 236 Å². The van der Waals surface area contributed by atoms with E-state index in [1.807, 2.05) is 0 Å². The standard InChI is InChI=1S/C28H46O12/c1-24(2,3)20(31)36-14-15-17(37-21(32)25(4,5)6)18(38-22(33)26(7,8)9)19(39-23(34)27(10,11)12)28(35,40-15)13-16(29)30/h15,17-19,35H,13-14H2,1-12H3,(H,29,30)/t15-,17-,18+,19+,28?/m1/s1. The van der Waals surface area contributed by atoms with Crippen LogP contribution in [0.2, 0.25) is 0 Å². The van der Waals surface area contributed by atoms with Gasteiger partial charge in [-0.3, -0.25) is 24.0 Å². The van der Waals surface area contributed by atoms with Gasteiger partial charge in [-0.15, -0.1) is 0 Å². The summed E-state index contributed by atoms with van der Waals surface area (Å²) < 4.78 is 28.1. The highest BCUT2D eigenvalue weighted by molar-refractivity contribution is 5.78. The van der Waals surface area contributed by atoms with Gasteiger partial charge in [-0.1, -0.05) is 0 Å². The van der Waals surface area contributed by atoms with E-state index in [9.17, 15) is 34.2 Å². The molecule has 0 bridgehead atoms. The number of rotatable bonds is 7. The predicted molar refractivity (Wildman–Crippen MR) is 140 cm³/mol. The minimum absolute atomic E-state index is 0.608. The molecule has 1 rings (SSSR count). The number of hydrogen-bond acceptors (Lipinski definition) is 11. The van der Waals surface area contributed by atoms with Crippen molar-refractivity contribution in [2.24, 2.45) is 21.7 Å². The zero-order valence-corrected chi connectivity index (χ0v) is 25.7. The Morgan fingerprint density at radius 2 is 1.02 bits per heavy atom. The lowest BCUT2D eigenvalue weighted by Gasteiger charge is -2.49. The molecule has 12 nitrogen and oxygen atoms in total. The Kier molecular flexibility index (Phi) is 10.6. The minimum atomic E-state index is -2.76. The number of carbonyl (C=O) groups excluding carboxylic acids is 4. The molecule has 40 heavy (non-hydrogen) atoms. The smallest absolute Gasteiger partial charge is 0.311 e. The largest absolute Gasteiger partial charge is 0.481 e. The van der Waals surface area contributed by atoms with Gasteiger partial charge in [0.25, 0.3) is 0 Å². The van der Waals surface area contributed by atoms with Crippen LogP contribution in [0.15, 0.2) is 0 Å². The quantitative estimate of drug-likeness (QED) is 0.337. The highest BCUT2D eigenvalue weighted by Crippen LogP contribution is 2.39. The van der Waals surface area contributed by atoms with Crippen LogP contribution in [0.25, 0.3) is 0 Å². The summed E-state index contributed by atoms with van der Waals surface area (Å²) in [6.45, 7) is 18.1. The number of aliphatic carboxylic acids is 1. The lowest BCUT2D eigenvalue weighted by Crippen LogP contribution is -2.69. The van der Waals surface area contributed by atoms with Gasteiger partial charge in [0.15, 0.2) is 18.3 Å². The molecule has 0 radical (unpaired) electrons. The zero-order valence-electron chi connectivity index (χ0n) is 25.7. The predicted octanol–water partition coefficient (Wildman–Crippen LogP) is 3.01. The van der Waals surface area contributed by atoms with Crippen LogP contribution in [0.3, 0.4) is 0 Å². The third kappa shape index (κ3) is 9.43. The lowest BCUT2D eigenvalue weighted by atomic mass is 9.88. The van der Waals surface area contributed by atoms with Gasteiger partial charge in [0.1, 0.15) is 19.1 Å². The summed E-state index contributed by atoms with van der Waals surface area (Å²) in [7, 11) is 0. The summed E-state index contributed by atoms with van der Waals surface area (Å²) in [5.41, 5.74) is -4.22. The Hall–Kier alpha value is -2.73. The fraction of sp³-hybridized carbons (Fsp3) is 0.821. The minimum Gasteiger partial charge on any atom is -0.481 e. The summed E-state index contributed by atoms with van der Waals surface area (Å²) in [6.07, 6.45) is -7.86. The highest BCUT2D eigenvalue weighted by Gasteiger charge is 2.61. The molecule has 0 amide bonds. The molecule has 0 saturated carbocycles. The number of carbonyl (C=O) groups is 5. The SMILES string of the molecule is CC(C)(C)C(=O)OC[C@H]1OC(O)(CC(=O)O)[C@@H](OC(=O)C(C)(C)C)[C@@H](OC(=O)C(C)(C)C)[C@@H]1OC(=O)C(C)(C)C. The molecule has 0 aromatic carbocycles. The van der Waals surface area contributed by atoms with Crippen molar-refractivity contribution in [3.05, 3.63) is 0 Å². The molecule has 1 aliphatic heterocycles. The Morgan fingerprint density at radius 1 is 0.650 bits per heavy atom. The first-order valence-electron chi connectivity index (χ1n) is 13.1. The number of carboxylic acids is 1. The van der Waals surface area contributed by atoms with Crippen molar-refractivity contribution in [2.45, 2.75) is 120 Å². The van der Waals surface area contributed by atoms with E-state index in [-0.39, 0.29) is 0 Å². The second-order valence-electron chi connectivity index (χ2n) is 14.2. The third-order valence-corrected chi connectivity index (χ3v) is 5.74. The van der Waals surface area contributed by atoms with Crippen LogP contribution < -0.4 is 0 Å². The normalized spacial score (nSPS) is 25.9. The molecule has 12 heteroatoms. The van der Waals surface area contributed by atoms with Crippen molar-refractivity contribution in [1.82, 2.24) is 0 Å². The van der Waals surface area contributed by atoms with Crippen LogP contribution >= 0.6 is 0 Å². The van der Waals surface area contributed by atoms with Crippen LogP contribution in [0.4, 0.5) is 0 Å². The van der Waals surface area contributed by atoms with Gasteiger partial charge in [-0.2, -0.15) is 0 Å². The van der Waals surface area contributed by atoms with Crippen molar-refractivity contribution in [3.8, 4) is 0 Å². The van der Waals surface area contributed by atoms with E-state index in [0.717, 1.165) is 0 Å². The molecule has 1 saturated heterocycles. The average molecular weight is 575 g/mol. The number of aliphatic hydroxyl groups is 1. The van der Waals surface area contributed by atoms with Crippen molar-refractivity contribution in [1.29, 1.82) is 0 Å². The average Bonchev–Trinajstić information content (AvgIpc) is 2.72. The number of hydrogen-bond donors (Lipinski definition) is 2. The van der Waals surface area contributed by atoms with E-state index in [1.54, 1.807) is 62.3 Å². The summed E-state index contributed by atoms with van der Waals surface area (Å²) in [6, 6.07) is 0. The molecule has 230 valence electrons. The first-order valence-corrected chi connectivity index (χ1v) is 13.1. The van der Waals surface area contributed by atoms with Crippen LogP contribution in [0.1, 0.15) is 89.5 Å². The molecule has 0 aliphatic carbocycles. The van der Waals surface area contributed by atoms with Crippen molar-refractivity contribution in [3.63, 3.8) is 0 Å². The number of ether oxygens (including phenoxy) is 5. The second kappa shape index (κ2) is 12.0. The van der Waals surface area contributed by atoms with E-state index >= 15 is 0 Å². The van der Waals surface area contributed by atoms with Gasteiger partial charge in [-0.25, -0.2) is 0 Å². The van der Waals surface area contributed by atoms with Gasteiger partial charge in [0.05, 0.1) is 21.7 Å². The number of esters is 4. The second-order valence-corrected chi connectivity index (χ2v) is 14.2. The van der Waals surface area contributed by atoms with E-state index in [2.05, 4.69) is 0 Å². The highest BCUT2D eigenvalue weighted by atomic mass is 16.7. The van der Waals surface area contributed by atoms with E-state index < -0.39 is 94.7 Å². The molecular weight excluding hydrogens is 528 g/mol. The third-order valence-electron chi connectivity index (χ3n) is 5.74. The molecular formula is C28H46O12. The van der Waals surface area contributed by atoms with E-state index in [4.69, 9.17) is 23.7 Å². The monoisotopic (exact) mass is 574 g/mol. The van der Waals surface area contributed by atoms with Gasteiger partial charge < -0.3 is 33.9 Å². The summed E-state index contributed by atoms with van der Waals surface area (Å²) in [5.74, 6) is -7.43. The van der Waals surface area contributed by atoms with E-state index in [0.29, 0.717) is 0 Å². The van der Waals surface area contributed by atoms with Crippen LogP contribution in [0.5, 0.6) is 0 Å². The molecule has 2 N–H and O–H groups in total. The molecule has 1 fully saturated rings. The topological polar surface area (TPSA) is 172 Å². The maximum atomic E-state index is 13.1. The molecule has 5 atom stereocenters. The Morgan fingerprint density at radius 3 is 1.40 bits per heavy atom.